The Bertz CT molecular complexity index is 527. The summed E-state index contributed by atoms with van der Waals surface area (Å²) in [5.41, 5.74) is 7.32. The van der Waals surface area contributed by atoms with E-state index in [1.807, 2.05) is 24.3 Å². The van der Waals surface area contributed by atoms with Crippen molar-refractivity contribution in [3.8, 4) is 0 Å². The first kappa shape index (κ1) is 14.8. The Morgan fingerprint density at radius 2 is 1.89 bits per heavy atom. The van der Waals surface area contributed by atoms with E-state index in [2.05, 4.69) is 0 Å². The second-order valence-electron chi connectivity index (χ2n) is 5.46. The third-order valence-electron chi connectivity index (χ3n) is 4.03. The highest BCUT2D eigenvalue weighted by Gasteiger charge is 2.32. The minimum Gasteiger partial charge on any atom is -0.324 e. The van der Waals surface area contributed by atoms with Gasteiger partial charge in [-0.1, -0.05) is 30.2 Å². The van der Waals surface area contributed by atoms with E-state index in [0.29, 0.717) is 11.4 Å². The highest BCUT2D eigenvalue weighted by molar-refractivity contribution is 7.91. The predicted molar refractivity (Wildman–Crippen MR) is 79.0 cm³/mol. The third kappa shape index (κ3) is 3.71. The smallest absolute Gasteiger partial charge is 0.150 e. The van der Waals surface area contributed by atoms with Crippen molar-refractivity contribution in [2.24, 2.45) is 11.7 Å². The minimum absolute atomic E-state index is 0.109. The van der Waals surface area contributed by atoms with Crippen LogP contribution in [-0.4, -0.2) is 19.9 Å². The molecule has 0 amide bonds. The van der Waals surface area contributed by atoms with E-state index < -0.39 is 9.84 Å². The van der Waals surface area contributed by atoms with Crippen LogP contribution in [0.5, 0.6) is 0 Å². The molecule has 1 aromatic rings. The maximum Gasteiger partial charge on any atom is 0.150 e. The van der Waals surface area contributed by atoms with Gasteiger partial charge in [-0.3, -0.25) is 0 Å². The van der Waals surface area contributed by atoms with Crippen molar-refractivity contribution in [3.05, 3.63) is 34.9 Å². The van der Waals surface area contributed by atoms with Crippen molar-refractivity contribution in [1.82, 2.24) is 0 Å². The summed E-state index contributed by atoms with van der Waals surface area (Å²) in [5.74, 6) is 0.231. The maximum absolute atomic E-state index is 11.7. The molecule has 3 nitrogen and oxygen atoms in total. The molecule has 1 aliphatic carbocycles. The monoisotopic (exact) mass is 301 g/mol. The topological polar surface area (TPSA) is 60.2 Å². The molecule has 106 valence electrons. The van der Waals surface area contributed by atoms with Gasteiger partial charge in [-0.05, 0) is 42.9 Å². The Kier molecular flexibility index (Phi) is 4.54. The van der Waals surface area contributed by atoms with E-state index >= 15 is 0 Å². The molecule has 2 N–H and O–H groups in total. The van der Waals surface area contributed by atoms with E-state index in [1.165, 1.54) is 6.26 Å². The van der Waals surface area contributed by atoms with Crippen LogP contribution in [0.2, 0.25) is 5.02 Å². The molecule has 1 aromatic carbocycles. The Morgan fingerprint density at radius 3 is 2.47 bits per heavy atom. The maximum atomic E-state index is 11.7. The SMILES string of the molecule is CS(=O)(=O)C1CCCC(C(N)c2ccc(Cl)cc2)C1. The van der Waals surface area contributed by atoms with Gasteiger partial charge in [0.25, 0.3) is 0 Å². The molecule has 1 saturated carbocycles. The summed E-state index contributed by atoms with van der Waals surface area (Å²) in [5, 5.41) is 0.457. The van der Waals surface area contributed by atoms with Crippen LogP contribution in [0.4, 0.5) is 0 Å². The van der Waals surface area contributed by atoms with Crippen LogP contribution >= 0.6 is 11.6 Å². The lowest BCUT2D eigenvalue weighted by molar-refractivity contribution is 0.309. The molecule has 0 spiro atoms. The van der Waals surface area contributed by atoms with Gasteiger partial charge in [-0.15, -0.1) is 0 Å². The Balaban J connectivity index is 2.11. The van der Waals surface area contributed by atoms with Crippen molar-refractivity contribution in [3.63, 3.8) is 0 Å². The van der Waals surface area contributed by atoms with Crippen molar-refractivity contribution >= 4 is 21.4 Å². The quantitative estimate of drug-likeness (QED) is 0.934. The van der Waals surface area contributed by atoms with Crippen LogP contribution in [-0.2, 0) is 9.84 Å². The summed E-state index contributed by atoms with van der Waals surface area (Å²) in [6.45, 7) is 0. The largest absolute Gasteiger partial charge is 0.324 e. The molecule has 0 aromatic heterocycles. The molecular formula is C14H20ClNO2S. The number of benzene rings is 1. The first-order valence-corrected chi connectivity index (χ1v) is 8.91. The van der Waals surface area contributed by atoms with Crippen LogP contribution in [0.1, 0.15) is 37.3 Å². The highest BCUT2D eigenvalue weighted by atomic mass is 35.5. The molecule has 0 aliphatic heterocycles. The van der Waals surface area contributed by atoms with Crippen LogP contribution < -0.4 is 5.73 Å². The van der Waals surface area contributed by atoms with E-state index in [9.17, 15) is 8.42 Å². The number of hydrogen-bond donors (Lipinski definition) is 1. The highest BCUT2D eigenvalue weighted by Crippen LogP contribution is 2.35. The van der Waals surface area contributed by atoms with E-state index in [1.54, 1.807) is 0 Å². The molecule has 1 aliphatic rings. The normalized spacial score (nSPS) is 26.1. The van der Waals surface area contributed by atoms with Crippen molar-refractivity contribution in [2.75, 3.05) is 6.26 Å². The number of hydrogen-bond acceptors (Lipinski definition) is 3. The van der Waals surface area contributed by atoms with E-state index in [0.717, 1.165) is 24.8 Å². The molecular weight excluding hydrogens is 282 g/mol. The van der Waals surface area contributed by atoms with E-state index in [4.69, 9.17) is 17.3 Å². The first-order valence-electron chi connectivity index (χ1n) is 6.58. The van der Waals surface area contributed by atoms with Crippen molar-refractivity contribution < 1.29 is 8.42 Å². The zero-order valence-electron chi connectivity index (χ0n) is 11.0. The average molecular weight is 302 g/mol. The Morgan fingerprint density at radius 1 is 1.26 bits per heavy atom. The molecule has 0 bridgehead atoms. The fraction of sp³-hybridized carbons (Fsp3) is 0.571. The van der Waals surface area contributed by atoms with Gasteiger partial charge < -0.3 is 5.73 Å². The third-order valence-corrected chi connectivity index (χ3v) is 5.93. The number of sulfone groups is 1. The standard InChI is InChI=1S/C14H20ClNO2S/c1-19(17,18)13-4-2-3-11(9-13)14(16)10-5-7-12(15)8-6-10/h5-8,11,13-14H,2-4,9,16H2,1H3. The second kappa shape index (κ2) is 5.81. The van der Waals surface area contributed by atoms with Gasteiger partial charge in [0.1, 0.15) is 9.84 Å². The predicted octanol–water partition coefficient (Wildman–Crippen LogP) is 2.94. The molecule has 5 heteroatoms. The lowest BCUT2D eigenvalue weighted by Gasteiger charge is -2.32. The number of nitrogens with two attached hydrogens (primary N) is 1. The summed E-state index contributed by atoms with van der Waals surface area (Å²) >= 11 is 5.87. The second-order valence-corrected chi connectivity index (χ2v) is 8.22. The fourth-order valence-corrected chi connectivity index (χ4v) is 4.17. The van der Waals surface area contributed by atoms with Gasteiger partial charge >= 0.3 is 0 Å². The van der Waals surface area contributed by atoms with Gasteiger partial charge in [0.05, 0.1) is 5.25 Å². The molecule has 2 rings (SSSR count). The molecule has 19 heavy (non-hydrogen) atoms. The van der Waals surface area contributed by atoms with E-state index in [-0.39, 0.29) is 17.2 Å². The van der Waals surface area contributed by atoms with Gasteiger partial charge in [-0.25, -0.2) is 8.42 Å². The zero-order chi connectivity index (χ0) is 14.0. The van der Waals surface area contributed by atoms with Crippen LogP contribution in [0, 0.1) is 5.92 Å². The van der Waals surface area contributed by atoms with Gasteiger partial charge in [0, 0.05) is 17.3 Å². The molecule has 3 atom stereocenters. The Hall–Kier alpha value is -0.580. The first-order chi connectivity index (χ1) is 8.88. The summed E-state index contributed by atoms with van der Waals surface area (Å²) < 4.78 is 23.4. The van der Waals surface area contributed by atoms with Crippen LogP contribution in [0.3, 0.4) is 0 Å². The van der Waals surface area contributed by atoms with Gasteiger partial charge in [-0.2, -0.15) is 0 Å². The molecule has 3 unspecified atom stereocenters. The average Bonchev–Trinajstić information content (AvgIpc) is 2.38. The summed E-state index contributed by atoms with van der Waals surface area (Å²) in [4.78, 5) is 0. The summed E-state index contributed by atoms with van der Waals surface area (Å²) in [6, 6.07) is 7.40. The fourth-order valence-electron chi connectivity index (χ4n) is 2.85. The summed E-state index contributed by atoms with van der Waals surface area (Å²) in [7, 11) is -2.96. The molecule has 1 fully saturated rings. The van der Waals surface area contributed by atoms with Crippen molar-refractivity contribution in [2.45, 2.75) is 37.0 Å². The number of rotatable bonds is 3. The van der Waals surface area contributed by atoms with Crippen molar-refractivity contribution in [1.29, 1.82) is 0 Å². The molecule has 0 saturated heterocycles. The molecule has 0 heterocycles. The lowest BCUT2D eigenvalue weighted by atomic mass is 9.81. The number of halogens is 1. The lowest BCUT2D eigenvalue weighted by Crippen LogP contribution is -2.32. The van der Waals surface area contributed by atoms with Crippen LogP contribution in [0.25, 0.3) is 0 Å². The Labute approximate surface area is 120 Å². The minimum atomic E-state index is -2.96. The zero-order valence-corrected chi connectivity index (χ0v) is 12.6. The molecule has 0 radical (unpaired) electrons. The summed E-state index contributed by atoms with van der Waals surface area (Å²) in [6.07, 6.45) is 4.69. The van der Waals surface area contributed by atoms with Gasteiger partial charge in [0.15, 0.2) is 0 Å². The van der Waals surface area contributed by atoms with Gasteiger partial charge in [0.2, 0.25) is 0 Å². The van der Waals surface area contributed by atoms with Crippen LogP contribution in [0.15, 0.2) is 24.3 Å².